The Morgan fingerprint density at radius 1 is 1.11 bits per heavy atom. The molecule has 0 aromatic heterocycles. The predicted octanol–water partition coefficient (Wildman–Crippen LogP) is 2.80. The van der Waals surface area contributed by atoms with Crippen molar-refractivity contribution in [2.75, 3.05) is 25.4 Å². The number of carbonyl (C=O) groups excluding carboxylic acids is 2. The van der Waals surface area contributed by atoms with Gasteiger partial charge in [-0.15, -0.1) is 0 Å². The number of esters is 1. The van der Waals surface area contributed by atoms with Crippen molar-refractivity contribution in [3.05, 3.63) is 65.7 Å². The Balaban J connectivity index is 1.76. The van der Waals surface area contributed by atoms with Gasteiger partial charge in [0.25, 0.3) is 5.24 Å². The van der Waals surface area contributed by atoms with E-state index in [0.717, 1.165) is 17.3 Å². The van der Waals surface area contributed by atoms with Crippen LogP contribution in [0.25, 0.3) is 0 Å². The molecular weight excluding hydrogens is 528 g/mol. The van der Waals surface area contributed by atoms with E-state index in [4.69, 9.17) is 4.74 Å². The number of nitrogens with zero attached hydrogens (tertiary/aromatic N) is 1. The zero-order valence-corrected chi connectivity index (χ0v) is 23.3. The lowest BCUT2D eigenvalue weighted by Gasteiger charge is -2.30. The molecule has 1 amide bonds. The number of thioether (sulfide) groups is 1. The molecule has 2 aromatic carbocycles. The number of aliphatic hydroxyl groups is 2. The summed E-state index contributed by atoms with van der Waals surface area (Å²) in [6, 6.07) is 15.1. The fraction of sp³-hybridized carbons (Fsp3) is 0.481. The van der Waals surface area contributed by atoms with Crippen LogP contribution in [0.5, 0.6) is 0 Å². The highest BCUT2D eigenvalue weighted by Gasteiger charge is 2.32. The van der Waals surface area contributed by atoms with Crippen LogP contribution in [0, 0.1) is 11.8 Å². The van der Waals surface area contributed by atoms with Crippen molar-refractivity contribution in [2.24, 2.45) is 11.8 Å². The lowest BCUT2D eigenvalue weighted by molar-refractivity contribution is -0.146. The van der Waals surface area contributed by atoms with Crippen LogP contribution in [0.3, 0.4) is 0 Å². The lowest BCUT2D eigenvalue weighted by atomic mass is 9.90. The monoisotopic (exact) mass is 564 g/mol. The third kappa shape index (κ3) is 8.81. The summed E-state index contributed by atoms with van der Waals surface area (Å²) in [5.74, 6) is -0.609. The van der Waals surface area contributed by atoms with Crippen molar-refractivity contribution in [1.82, 2.24) is 9.62 Å². The van der Waals surface area contributed by atoms with Crippen LogP contribution in [-0.4, -0.2) is 71.7 Å². The molecule has 2 aromatic rings. The van der Waals surface area contributed by atoms with E-state index in [1.807, 2.05) is 44.2 Å². The Morgan fingerprint density at radius 3 is 2.37 bits per heavy atom. The van der Waals surface area contributed by atoms with E-state index in [2.05, 4.69) is 5.32 Å². The summed E-state index contributed by atoms with van der Waals surface area (Å²) in [5.41, 5.74) is 1.50. The van der Waals surface area contributed by atoms with Crippen molar-refractivity contribution in [1.29, 1.82) is 0 Å². The van der Waals surface area contributed by atoms with Gasteiger partial charge in [-0.05, 0) is 35.6 Å². The molecule has 0 aliphatic carbocycles. The molecule has 0 saturated carbocycles. The highest BCUT2D eigenvalue weighted by Crippen LogP contribution is 2.23. The SMILES string of the molecule is CC(C)CN(C[C@@H](O)[C@@H](CC(=O)OCC1CSC(=O)N1)Cc1ccccc1)S(=O)(=O)c1ccc(CO)cc1. The molecular formula is C27H36N2O7S2. The minimum absolute atomic E-state index is 0.00859. The van der Waals surface area contributed by atoms with Gasteiger partial charge in [-0.1, -0.05) is 68.1 Å². The van der Waals surface area contributed by atoms with E-state index in [0.29, 0.717) is 17.7 Å². The second-order valence-corrected chi connectivity index (χ2v) is 12.8. The van der Waals surface area contributed by atoms with E-state index >= 15 is 0 Å². The third-order valence-corrected chi connectivity index (χ3v) is 8.99. The van der Waals surface area contributed by atoms with Crippen molar-refractivity contribution < 1.29 is 33.0 Å². The molecule has 1 saturated heterocycles. The third-order valence-electron chi connectivity index (χ3n) is 6.20. The van der Waals surface area contributed by atoms with E-state index in [-0.39, 0.29) is 54.8 Å². The Kier molecular flexibility index (Phi) is 11.2. The summed E-state index contributed by atoms with van der Waals surface area (Å²) in [7, 11) is -3.94. The van der Waals surface area contributed by atoms with Gasteiger partial charge >= 0.3 is 5.97 Å². The second kappa shape index (κ2) is 14.1. The molecule has 1 heterocycles. The zero-order chi connectivity index (χ0) is 27.7. The van der Waals surface area contributed by atoms with E-state index < -0.39 is 28.0 Å². The molecule has 0 bridgehead atoms. The molecule has 0 spiro atoms. The number of carbonyl (C=O) groups is 2. The maximum atomic E-state index is 13.5. The molecule has 1 aliphatic rings. The molecule has 208 valence electrons. The minimum Gasteiger partial charge on any atom is -0.463 e. The maximum absolute atomic E-state index is 13.5. The number of rotatable bonds is 14. The van der Waals surface area contributed by atoms with Crippen LogP contribution in [-0.2, 0) is 32.6 Å². The van der Waals surface area contributed by atoms with Crippen molar-refractivity contribution in [3.8, 4) is 0 Å². The van der Waals surface area contributed by atoms with Gasteiger partial charge in [0.1, 0.15) is 6.61 Å². The number of hydrogen-bond donors (Lipinski definition) is 3. The van der Waals surface area contributed by atoms with Gasteiger partial charge in [-0.25, -0.2) is 8.42 Å². The first-order valence-electron chi connectivity index (χ1n) is 12.6. The summed E-state index contributed by atoms with van der Waals surface area (Å²) in [6.45, 7) is 3.62. The summed E-state index contributed by atoms with van der Waals surface area (Å²) in [6.07, 6.45) is -0.895. The number of sulfonamides is 1. The summed E-state index contributed by atoms with van der Waals surface area (Å²) >= 11 is 1.14. The van der Waals surface area contributed by atoms with Gasteiger partial charge in [-0.2, -0.15) is 4.31 Å². The van der Waals surface area contributed by atoms with Gasteiger partial charge in [0.2, 0.25) is 10.0 Å². The van der Waals surface area contributed by atoms with Crippen LogP contribution in [0.4, 0.5) is 4.79 Å². The van der Waals surface area contributed by atoms with E-state index in [1.54, 1.807) is 12.1 Å². The number of hydrogen-bond acceptors (Lipinski definition) is 8. The lowest BCUT2D eigenvalue weighted by Crippen LogP contribution is -2.43. The molecule has 1 fully saturated rings. The van der Waals surface area contributed by atoms with Gasteiger partial charge < -0.3 is 20.3 Å². The van der Waals surface area contributed by atoms with Crippen LogP contribution >= 0.6 is 11.8 Å². The van der Waals surface area contributed by atoms with Crippen LogP contribution in [0.15, 0.2) is 59.5 Å². The summed E-state index contributed by atoms with van der Waals surface area (Å²) in [5, 5.41) is 23.2. The fourth-order valence-corrected chi connectivity index (χ4v) is 6.60. The second-order valence-electron chi connectivity index (χ2n) is 9.86. The first-order chi connectivity index (χ1) is 18.1. The number of nitrogens with one attached hydrogen (secondary N) is 1. The van der Waals surface area contributed by atoms with Gasteiger partial charge in [-0.3, -0.25) is 9.59 Å². The topological polar surface area (TPSA) is 133 Å². The average Bonchev–Trinajstić information content (AvgIpc) is 3.32. The average molecular weight is 565 g/mol. The Morgan fingerprint density at radius 2 is 1.79 bits per heavy atom. The number of amides is 1. The zero-order valence-electron chi connectivity index (χ0n) is 21.7. The summed E-state index contributed by atoms with van der Waals surface area (Å²) in [4.78, 5) is 24.2. The number of aliphatic hydroxyl groups excluding tert-OH is 2. The van der Waals surface area contributed by atoms with E-state index in [9.17, 15) is 28.2 Å². The van der Waals surface area contributed by atoms with Crippen LogP contribution in [0.1, 0.15) is 31.4 Å². The largest absolute Gasteiger partial charge is 0.463 e. The summed E-state index contributed by atoms with van der Waals surface area (Å²) < 4.78 is 33.7. The van der Waals surface area contributed by atoms with E-state index in [1.165, 1.54) is 16.4 Å². The highest BCUT2D eigenvalue weighted by molar-refractivity contribution is 8.14. The molecule has 3 rings (SSSR count). The Bertz CT molecular complexity index is 1160. The maximum Gasteiger partial charge on any atom is 0.306 e. The number of ether oxygens (including phenoxy) is 1. The smallest absolute Gasteiger partial charge is 0.306 e. The van der Waals surface area contributed by atoms with Crippen LogP contribution in [0.2, 0.25) is 0 Å². The molecule has 3 N–H and O–H groups in total. The van der Waals surface area contributed by atoms with Crippen molar-refractivity contribution in [3.63, 3.8) is 0 Å². The molecule has 0 radical (unpaired) electrons. The first kappa shape index (κ1) is 30.1. The molecule has 11 heteroatoms. The Labute approximate surface area is 228 Å². The molecule has 38 heavy (non-hydrogen) atoms. The normalized spacial score (nSPS) is 17.4. The van der Waals surface area contributed by atoms with Crippen molar-refractivity contribution >= 4 is 33.0 Å². The molecule has 1 aliphatic heterocycles. The van der Waals surface area contributed by atoms with Crippen LogP contribution < -0.4 is 5.32 Å². The Hall–Kier alpha value is -2.44. The van der Waals surface area contributed by atoms with Gasteiger partial charge in [0, 0.05) is 24.8 Å². The molecule has 9 nitrogen and oxygen atoms in total. The van der Waals surface area contributed by atoms with Crippen molar-refractivity contribution in [2.45, 2.75) is 50.3 Å². The highest BCUT2D eigenvalue weighted by atomic mass is 32.2. The van der Waals surface area contributed by atoms with Gasteiger partial charge in [0.15, 0.2) is 0 Å². The fourth-order valence-electron chi connectivity index (χ4n) is 4.20. The standard InChI is InChI=1S/C27H36N2O7S2/c1-19(2)14-29(38(34,35)24-10-8-21(16-30)9-11-24)15-25(31)22(12-20-6-4-3-5-7-20)13-26(32)36-17-23-18-37-27(33)28-23/h3-11,19,22-23,25,30-31H,12-18H2,1-2H3,(H,28,33)/t22-,23?,25-/m1/s1. The number of benzene rings is 2. The minimum atomic E-state index is -3.94. The molecule has 1 unspecified atom stereocenters. The predicted molar refractivity (Wildman–Crippen MR) is 146 cm³/mol. The quantitative estimate of drug-likeness (QED) is 0.299. The molecule has 3 atom stereocenters. The first-order valence-corrected chi connectivity index (χ1v) is 15.0. The van der Waals surface area contributed by atoms with Gasteiger partial charge in [0.05, 0.1) is 30.1 Å².